The van der Waals surface area contributed by atoms with E-state index in [1.54, 1.807) is 24.3 Å². The van der Waals surface area contributed by atoms with Crippen LogP contribution < -0.4 is 5.32 Å². The van der Waals surface area contributed by atoms with Gasteiger partial charge in [0.15, 0.2) is 5.78 Å². The van der Waals surface area contributed by atoms with Gasteiger partial charge in [0, 0.05) is 11.3 Å². The summed E-state index contributed by atoms with van der Waals surface area (Å²) in [5.74, 6) is -0.147. The lowest BCUT2D eigenvalue weighted by Crippen LogP contribution is -2.13. The molecule has 6 heteroatoms. The maximum Gasteiger partial charge on any atom is 0.269 e. The van der Waals surface area contributed by atoms with E-state index in [-0.39, 0.29) is 17.6 Å². The smallest absolute Gasteiger partial charge is 0.269 e. The van der Waals surface area contributed by atoms with Crippen molar-refractivity contribution in [3.8, 4) is 0 Å². The van der Waals surface area contributed by atoms with Crippen LogP contribution in [0.5, 0.6) is 0 Å². The fourth-order valence-corrected chi connectivity index (χ4v) is 2.45. The standard InChI is InChI=1S/C14H15N3O2S/c1-8(2)12-13(20-17-16-12)14(19)15-11-6-4-5-10(7-11)9(3)18/h4-8H,1-3H3,(H,15,19). The highest BCUT2D eigenvalue weighted by Gasteiger charge is 2.18. The average molecular weight is 289 g/mol. The maximum absolute atomic E-state index is 12.2. The van der Waals surface area contributed by atoms with E-state index < -0.39 is 0 Å². The van der Waals surface area contributed by atoms with E-state index in [0.717, 1.165) is 11.5 Å². The van der Waals surface area contributed by atoms with Crippen LogP contribution in [0.1, 0.15) is 52.4 Å². The molecule has 1 amide bonds. The van der Waals surface area contributed by atoms with Crippen LogP contribution in [0, 0.1) is 0 Å². The van der Waals surface area contributed by atoms with E-state index in [1.165, 1.54) is 6.92 Å². The monoisotopic (exact) mass is 289 g/mol. The molecule has 0 radical (unpaired) electrons. The van der Waals surface area contributed by atoms with Crippen molar-refractivity contribution < 1.29 is 9.59 Å². The Balaban J connectivity index is 2.21. The molecule has 2 aromatic rings. The third kappa shape index (κ3) is 3.08. The fourth-order valence-electron chi connectivity index (χ4n) is 1.74. The predicted octanol–water partition coefficient (Wildman–Crippen LogP) is 3.12. The third-order valence-electron chi connectivity index (χ3n) is 2.79. The van der Waals surface area contributed by atoms with E-state index in [9.17, 15) is 9.59 Å². The number of hydrogen-bond donors (Lipinski definition) is 1. The average Bonchev–Trinajstić information content (AvgIpc) is 2.88. The molecule has 0 saturated heterocycles. The molecule has 0 unspecified atom stereocenters. The minimum absolute atomic E-state index is 0.0385. The van der Waals surface area contributed by atoms with Gasteiger partial charge in [-0.05, 0) is 36.5 Å². The maximum atomic E-state index is 12.2. The summed E-state index contributed by atoms with van der Waals surface area (Å²) in [5.41, 5.74) is 1.84. The predicted molar refractivity (Wildman–Crippen MR) is 78.4 cm³/mol. The first-order valence-corrected chi connectivity index (χ1v) is 7.01. The van der Waals surface area contributed by atoms with Gasteiger partial charge in [0.1, 0.15) is 4.88 Å². The van der Waals surface area contributed by atoms with E-state index in [1.807, 2.05) is 13.8 Å². The Bertz CT molecular complexity index is 649. The molecule has 20 heavy (non-hydrogen) atoms. The van der Waals surface area contributed by atoms with Gasteiger partial charge in [-0.1, -0.05) is 30.5 Å². The van der Waals surface area contributed by atoms with Gasteiger partial charge in [-0.2, -0.15) is 0 Å². The first-order chi connectivity index (χ1) is 9.49. The van der Waals surface area contributed by atoms with E-state index in [0.29, 0.717) is 21.8 Å². The molecule has 0 fully saturated rings. The summed E-state index contributed by atoms with van der Waals surface area (Å²) in [5, 5.41) is 6.75. The van der Waals surface area contributed by atoms with Gasteiger partial charge >= 0.3 is 0 Å². The first-order valence-electron chi connectivity index (χ1n) is 6.23. The topological polar surface area (TPSA) is 72.0 Å². The third-order valence-corrected chi connectivity index (χ3v) is 3.53. The fraction of sp³-hybridized carbons (Fsp3) is 0.286. The lowest BCUT2D eigenvalue weighted by Gasteiger charge is -2.07. The lowest BCUT2D eigenvalue weighted by atomic mass is 10.1. The summed E-state index contributed by atoms with van der Waals surface area (Å²) >= 11 is 1.08. The summed E-state index contributed by atoms with van der Waals surface area (Å²) in [4.78, 5) is 24.0. The molecule has 0 saturated carbocycles. The zero-order valence-corrected chi connectivity index (χ0v) is 12.3. The van der Waals surface area contributed by atoms with Crippen molar-refractivity contribution in [3.63, 3.8) is 0 Å². The number of ketones is 1. The van der Waals surface area contributed by atoms with Gasteiger partial charge in [-0.15, -0.1) is 5.10 Å². The molecule has 0 bridgehead atoms. The number of rotatable bonds is 4. The van der Waals surface area contributed by atoms with Crippen molar-refractivity contribution in [2.24, 2.45) is 0 Å². The zero-order chi connectivity index (χ0) is 14.7. The Morgan fingerprint density at radius 3 is 2.70 bits per heavy atom. The molecule has 104 valence electrons. The van der Waals surface area contributed by atoms with Crippen molar-refractivity contribution in [1.29, 1.82) is 0 Å². The second-order valence-corrected chi connectivity index (χ2v) is 5.49. The van der Waals surface area contributed by atoms with Gasteiger partial charge in [0.25, 0.3) is 5.91 Å². The number of benzene rings is 1. The van der Waals surface area contributed by atoms with Crippen molar-refractivity contribution in [2.45, 2.75) is 26.7 Å². The summed E-state index contributed by atoms with van der Waals surface area (Å²) in [6.45, 7) is 5.42. The van der Waals surface area contributed by atoms with Crippen LogP contribution in [-0.2, 0) is 0 Å². The highest BCUT2D eigenvalue weighted by atomic mass is 32.1. The second-order valence-electron chi connectivity index (χ2n) is 4.73. The van der Waals surface area contributed by atoms with Crippen LogP contribution in [0.3, 0.4) is 0 Å². The summed E-state index contributed by atoms with van der Waals surface area (Å²) < 4.78 is 3.83. The number of amides is 1. The molecule has 0 spiro atoms. The molecular formula is C14H15N3O2S. The minimum atomic E-state index is -0.246. The van der Waals surface area contributed by atoms with Gasteiger partial charge in [-0.25, -0.2) is 0 Å². The SMILES string of the molecule is CC(=O)c1cccc(NC(=O)c2snnc2C(C)C)c1. The number of carbonyl (C=O) groups excluding carboxylic acids is 2. The van der Waals surface area contributed by atoms with Crippen LogP contribution in [0.15, 0.2) is 24.3 Å². The Hall–Kier alpha value is -2.08. The highest BCUT2D eigenvalue weighted by molar-refractivity contribution is 7.08. The van der Waals surface area contributed by atoms with Gasteiger partial charge in [-0.3, -0.25) is 9.59 Å². The zero-order valence-electron chi connectivity index (χ0n) is 11.5. The Morgan fingerprint density at radius 1 is 1.30 bits per heavy atom. The van der Waals surface area contributed by atoms with Crippen LogP contribution in [0.4, 0.5) is 5.69 Å². The number of nitrogens with one attached hydrogen (secondary N) is 1. The number of carbonyl (C=O) groups is 2. The first kappa shape index (κ1) is 14.3. The molecule has 2 rings (SSSR count). The van der Waals surface area contributed by atoms with Crippen molar-refractivity contribution >= 4 is 28.9 Å². The normalized spacial score (nSPS) is 10.6. The summed E-state index contributed by atoms with van der Waals surface area (Å²) in [6.07, 6.45) is 0. The molecule has 1 N–H and O–H groups in total. The van der Waals surface area contributed by atoms with Crippen LogP contribution in [0.2, 0.25) is 0 Å². The number of nitrogens with zero attached hydrogens (tertiary/aromatic N) is 2. The number of anilines is 1. The lowest BCUT2D eigenvalue weighted by molar-refractivity contribution is 0.101. The van der Waals surface area contributed by atoms with E-state index in [4.69, 9.17) is 0 Å². The van der Waals surface area contributed by atoms with Crippen LogP contribution in [0.25, 0.3) is 0 Å². The Morgan fingerprint density at radius 2 is 2.05 bits per heavy atom. The van der Waals surface area contributed by atoms with Gasteiger partial charge < -0.3 is 5.32 Å². The van der Waals surface area contributed by atoms with Crippen molar-refractivity contribution in [2.75, 3.05) is 5.32 Å². The minimum Gasteiger partial charge on any atom is -0.321 e. The van der Waals surface area contributed by atoms with Crippen molar-refractivity contribution in [1.82, 2.24) is 9.59 Å². The number of Topliss-reactive ketones (excluding diaryl/α,β-unsaturated/α-hetero) is 1. The van der Waals surface area contributed by atoms with E-state index >= 15 is 0 Å². The molecule has 5 nitrogen and oxygen atoms in total. The molecule has 0 aliphatic carbocycles. The Labute approximate surface area is 121 Å². The molecule has 0 aliphatic rings. The molecule has 0 atom stereocenters. The highest BCUT2D eigenvalue weighted by Crippen LogP contribution is 2.21. The Kier molecular flexibility index (Phi) is 4.24. The van der Waals surface area contributed by atoms with E-state index in [2.05, 4.69) is 14.9 Å². The largest absolute Gasteiger partial charge is 0.321 e. The summed E-state index contributed by atoms with van der Waals surface area (Å²) in [6, 6.07) is 6.85. The molecule has 1 aromatic carbocycles. The quantitative estimate of drug-likeness (QED) is 0.878. The van der Waals surface area contributed by atoms with Crippen molar-refractivity contribution in [3.05, 3.63) is 40.4 Å². The summed E-state index contributed by atoms with van der Waals surface area (Å²) in [7, 11) is 0. The molecule has 0 aliphatic heterocycles. The number of aromatic nitrogens is 2. The molecule has 1 aromatic heterocycles. The molecular weight excluding hydrogens is 274 g/mol. The number of hydrogen-bond acceptors (Lipinski definition) is 5. The van der Waals surface area contributed by atoms with Gasteiger partial charge in [0.2, 0.25) is 0 Å². The van der Waals surface area contributed by atoms with Gasteiger partial charge in [0.05, 0.1) is 5.69 Å². The van der Waals surface area contributed by atoms with Crippen LogP contribution >= 0.6 is 11.5 Å². The second kappa shape index (κ2) is 5.92. The molecule has 1 heterocycles. The van der Waals surface area contributed by atoms with Crippen LogP contribution in [-0.4, -0.2) is 21.3 Å².